The Balaban J connectivity index is 1.88. The zero-order valence-electron chi connectivity index (χ0n) is 15.4. The minimum absolute atomic E-state index is 0.0596. The quantitative estimate of drug-likeness (QED) is 0.365. The van der Waals surface area contributed by atoms with Crippen molar-refractivity contribution < 1.29 is 18.8 Å². The number of ketones is 1. The lowest BCUT2D eigenvalue weighted by Gasteiger charge is -2.11. The SMILES string of the molecule is CCCCC(CC)CO[n+]1ccc(C(=O)/C=C/c2ccc(C)o2)cc1. The molecule has 4 nitrogen and oxygen atoms in total. The van der Waals surface area contributed by atoms with Crippen molar-refractivity contribution >= 4 is 11.9 Å². The van der Waals surface area contributed by atoms with E-state index < -0.39 is 0 Å². The fourth-order valence-electron chi connectivity index (χ4n) is 2.55. The van der Waals surface area contributed by atoms with E-state index in [-0.39, 0.29) is 5.78 Å². The van der Waals surface area contributed by atoms with Crippen LogP contribution in [0.15, 0.2) is 47.2 Å². The maximum Gasteiger partial charge on any atom is 0.223 e. The maximum absolute atomic E-state index is 12.2. The highest BCUT2D eigenvalue weighted by atomic mass is 16.7. The smallest absolute Gasteiger partial charge is 0.223 e. The van der Waals surface area contributed by atoms with E-state index in [0.717, 1.165) is 12.2 Å². The third kappa shape index (κ3) is 6.22. The highest BCUT2D eigenvalue weighted by Gasteiger charge is 2.11. The summed E-state index contributed by atoms with van der Waals surface area (Å²) in [4.78, 5) is 18.0. The molecule has 1 atom stereocenters. The Labute approximate surface area is 150 Å². The van der Waals surface area contributed by atoms with Crippen LogP contribution in [0.1, 0.15) is 61.4 Å². The minimum atomic E-state index is -0.0596. The van der Waals surface area contributed by atoms with Gasteiger partial charge in [-0.2, -0.15) is 0 Å². The molecule has 0 saturated heterocycles. The number of rotatable bonds is 10. The number of carbonyl (C=O) groups excluding carboxylic acids is 1. The van der Waals surface area contributed by atoms with E-state index in [4.69, 9.17) is 9.25 Å². The molecule has 0 aliphatic carbocycles. The average molecular weight is 342 g/mol. The molecule has 0 aliphatic heterocycles. The van der Waals surface area contributed by atoms with Gasteiger partial charge in [-0.3, -0.25) is 9.63 Å². The van der Waals surface area contributed by atoms with Crippen molar-refractivity contribution in [2.45, 2.75) is 46.5 Å². The number of furan rings is 1. The van der Waals surface area contributed by atoms with Crippen LogP contribution in [-0.4, -0.2) is 12.4 Å². The molecule has 0 saturated carbocycles. The van der Waals surface area contributed by atoms with Gasteiger partial charge in [0.15, 0.2) is 12.4 Å². The van der Waals surface area contributed by atoms with E-state index in [1.165, 1.54) is 25.3 Å². The van der Waals surface area contributed by atoms with Gasteiger partial charge in [0, 0.05) is 22.4 Å². The van der Waals surface area contributed by atoms with Crippen molar-refractivity contribution in [3.05, 3.63) is 59.8 Å². The normalized spacial score (nSPS) is 12.4. The fourth-order valence-corrected chi connectivity index (χ4v) is 2.55. The number of allylic oxidation sites excluding steroid dienone is 1. The molecule has 4 heteroatoms. The van der Waals surface area contributed by atoms with E-state index in [1.54, 1.807) is 35.3 Å². The van der Waals surface area contributed by atoms with Crippen LogP contribution in [0.3, 0.4) is 0 Å². The van der Waals surface area contributed by atoms with Gasteiger partial charge in [-0.05, 0) is 50.0 Å². The van der Waals surface area contributed by atoms with Crippen LogP contribution < -0.4 is 9.57 Å². The summed E-state index contributed by atoms with van der Waals surface area (Å²) in [5.41, 5.74) is 0.623. The summed E-state index contributed by atoms with van der Waals surface area (Å²) in [5, 5.41) is 0. The molecular weight excluding hydrogens is 314 g/mol. The van der Waals surface area contributed by atoms with Gasteiger partial charge in [-0.15, -0.1) is 0 Å². The lowest BCUT2D eigenvalue weighted by Crippen LogP contribution is -2.44. The number of aromatic nitrogens is 1. The molecule has 0 N–H and O–H groups in total. The zero-order valence-corrected chi connectivity index (χ0v) is 15.4. The number of carbonyl (C=O) groups is 1. The first-order valence-electron chi connectivity index (χ1n) is 9.05. The molecular formula is C21H28NO3+. The van der Waals surface area contributed by atoms with Crippen molar-refractivity contribution in [1.29, 1.82) is 0 Å². The van der Waals surface area contributed by atoms with E-state index >= 15 is 0 Å². The summed E-state index contributed by atoms with van der Waals surface area (Å²) in [6, 6.07) is 7.26. The highest BCUT2D eigenvalue weighted by molar-refractivity contribution is 6.06. The summed E-state index contributed by atoms with van der Waals surface area (Å²) in [7, 11) is 0. The Hall–Kier alpha value is -2.36. The van der Waals surface area contributed by atoms with E-state index in [9.17, 15) is 4.79 Å². The third-order valence-electron chi connectivity index (χ3n) is 4.25. The Morgan fingerprint density at radius 1 is 1.24 bits per heavy atom. The molecule has 0 aliphatic rings. The summed E-state index contributed by atoms with van der Waals surface area (Å²) in [5.74, 6) is 2.02. The molecule has 2 aromatic heterocycles. The first-order chi connectivity index (χ1) is 12.1. The molecule has 0 amide bonds. The van der Waals surface area contributed by atoms with Gasteiger partial charge < -0.3 is 4.42 Å². The van der Waals surface area contributed by atoms with Crippen molar-refractivity contribution in [2.24, 2.45) is 5.92 Å². The van der Waals surface area contributed by atoms with Gasteiger partial charge in [0.05, 0.1) is 0 Å². The predicted octanol–water partition coefficient (Wildman–Crippen LogP) is 4.42. The number of aryl methyl sites for hydroxylation is 1. The maximum atomic E-state index is 12.2. The molecule has 0 spiro atoms. The largest absolute Gasteiger partial charge is 0.462 e. The second kappa shape index (κ2) is 9.82. The van der Waals surface area contributed by atoms with Crippen molar-refractivity contribution in [2.75, 3.05) is 6.61 Å². The molecule has 25 heavy (non-hydrogen) atoms. The number of hydrogen-bond acceptors (Lipinski definition) is 3. The van der Waals surface area contributed by atoms with E-state index in [0.29, 0.717) is 23.8 Å². The van der Waals surface area contributed by atoms with E-state index in [2.05, 4.69) is 13.8 Å². The van der Waals surface area contributed by atoms with Gasteiger partial charge in [-0.25, -0.2) is 0 Å². The van der Waals surface area contributed by atoms with Gasteiger partial charge >= 0.3 is 0 Å². The molecule has 0 fully saturated rings. The Kier molecular flexibility index (Phi) is 7.45. The van der Waals surface area contributed by atoms with Crippen LogP contribution in [0.25, 0.3) is 6.08 Å². The summed E-state index contributed by atoms with van der Waals surface area (Å²) in [6.45, 7) is 6.98. The third-order valence-corrected chi connectivity index (χ3v) is 4.25. The molecule has 2 heterocycles. The van der Waals surface area contributed by atoms with Crippen LogP contribution in [-0.2, 0) is 0 Å². The molecule has 0 radical (unpaired) electrons. The lowest BCUT2D eigenvalue weighted by atomic mass is 10.0. The Bertz CT molecular complexity index is 685. The first kappa shape index (κ1) is 19.0. The first-order valence-corrected chi connectivity index (χ1v) is 9.05. The van der Waals surface area contributed by atoms with Crippen LogP contribution in [0.5, 0.6) is 0 Å². The standard InChI is InChI=1S/C21H28NO3/c1-4-6-7-18(5-2)16-24-22-14-12-19(13-15-22)21(23)11-10-20-9-8-17(3)25-20/h8-15,18H,4-7,16H2,1-3H3/q+1/b11-10+. The zero-order chi connectivity index (χ0) is 18.1. The molecule has 134 valence electrons. The number of hydrogen-bond donors (Lipinski definition) is 0. The molecule has 2 aromatic rings. The van der Waals surface area contributed by atoms with Gasteiger partial charge in [0.1, 0.15) is 11.5 Å². The van der Waals surface area contributed by atoms with Crippen molar-refractivity contribution in [1.82, 2.24) is 0 Å². The van der Waals surface area contributed by atoms with Crippen molar-refractivity contribution in [3.8, 4) is 0 Å². The summed E-state index contributed by atoms with van der Waals surface area (Å²) in [6.07, 6.45) is 11.5. The van der Waals surface area contributed by atoms with Crippen LogP contribution in [0.2, 0.25) is 0 Å². The van der Waals surface area contributed by atoms with Gasteiger partial charge in [-0.1, -0.05) is 26.7 Å². The average Bonchev–Trinajstić information content (AvgIpc) is 3.05. The van der Waals surface area contributed by atoms with Gasteiger partial charge in [0.25, 0.3) is 0 Å². The van der Waals surface area contributed by atoms with Gasteiger partial charge in [0.2, 0.25) is 12.4 Å². The van der Waals surface area contributed by atoms with Crippen LogP contribution in [0, 0.1) is 12.8 Å². The second-order valence-corrected chi connectivity index (χ2v) is 6.30. The Morgan fingerprint density at radius 2 is 2.00 bits per heavy atom. The highest BCUT2D eigenvalue weighted by Crippen LogP contribution is 2.11. The number of unbranched alkanes of at least 4 members (excludes halogenated alkanes) is 1. The molecule has 2 rings (SSSR count). The minimum Gasteiger partial charge on any atom is -0.462 e. The fraction of sp³-hybridized carbons (Fsp3) is 0.429. The molecule has 1 unspecified atom stereocenters. The van der Waals surface area contributed by atoms with E-state index in [1.807, 2.05) is 19.1 Å². The number of nitrogens with zero attached hydrogens (tertiary/aromatic N) is 1. The second-order valence-electron chi connectivity index (χ2n) is 6.30. The van der Waals surface area contributed by atoms with Crippen LogP contribution in [0.4, 0.5) is 0 Å². The number of pyridine rings is 1. The monoisotopic (exact) mass is 342 g/mol. The Morgan fingerprint density at radius 3 is 2.60 bits per heavy atom. The van der Waals surface area contributed by atoms with Crippen molar-refractivity contribution in [3.63, 3.8) is 0 Å². The summed E-state index contributed by atoms with van der Waals surface area (Å²) < 4.78 is 7.09. The predicted molar refractivity (Wildman–Crippen MR) is 98.2 cm³/mol. The summed E-state index contributed by atoms with van der Waals surface area (Å²) >= 11 is 0. The topological polar surface area (TPSA) is 43.3 Å². The van der Waals surface area contributed by atoms with Crippen LogP contribution >= 0.6 is 0 Å². The molecule has 0 aromatic carbocycles. The lowest BCUT2D eigenvalue weighted by molar-refractivity contribution is -0.892. The molecule has 0 bridgehead atoms.